The van der Waals surface area contributed by atoms with Crippen LogP contribution < -0.4 is 10.1 Å². The van der Waals surface area contributed by atoms with Crippen molar-refractivity contribution in [2.75, 3.05) is 33.8 Å². The maximum absolute atomic E-state index is 14.7. The van der Waals surface area contributed by atoms with Gasteiger partial charge in [-0.1, -0.05) is 48.3 Å². The number of hydrogen-bond acceptors (Lipinski definition) is 9. The molecule has 2 saturated heterocycles. The van der Waals surface area contributed by atoms with E-state index < -0.39 is 71.5 Å². The topological polar surface area (TPSA) is 136 Å². The number of carbonyl (C=O) groups excluding carboxylic acids is 4. The van der Waals surface area contributed by atoms with E-state index in [1.807, 2.05) is 57.7 Å². The van der Waals surface area contributed by atoms with E-state index in [1.165, 1.54) is 9.80 Å². The third-order valence-corrected chi connectivity index (χ3v) is 13.1. The van der Waals surface area contributed by atoms with E-state index in [0.717, 1.165) is 28.2 Å². The highest BCUT2D eigenvalue weighted by molar-refractivity contribution is 6.31. The number of esters is 1. The largest absolute Gasteiger partial charge is 0.460 e. The summed E-state index contributed by atoms with van der Waals surface area (Å²) in [5, 5.41) is 4.13. The summed E-state index contributed by atoms with van der Waals surface area (Å²) in [6, 6.07) is 18.9. The number of hydrogen-bond donors (Lipinski definition) is 1. The number of piperidine rings is 1. The van der Waals surface area contributed by atoms with E-state index in [4.69, 9.17) is 37.4 Å². The third-order valence-electron chi connectivity index (χ3n) is 12.6. The molecule has 2 aliphatic heterocycles. The first-order chi connectivity index (χ1) is 32.7. The highest BCUT2D eigenvalue weighted by Gasteiger charge is 2.50. The zero-order valence-corrected chi connectivity index (χ0v) is 42.9. The van der Waals surface area contributed by atoms with Crippen LogP contribution >= 0.6 is 23.2 Å². The molecule has 4 atom stereocenters. The molecule has 4 aromatic rings. The molecule has 3 heterocycles. The molecule has 0 spiro atoms. The number of aromatic nitrogens is 2. The Hall–Kier alpha value is -5.16. The van der Waals surface area contributed by atoms with Gasteiger partial charge in [0.25, 0.3) is 0 Å². The summed E-state index contributed by atoms with van der Waals surface area (Å²) in [7, 11) is 5.98. The normalized spacial score (nSPS) is 19.2. The number of ether oxygens (including phenoxy) is 3. The summed E-state index contributed by atoms with van der Waals surface area (Å²) >= 11 is 12.7. The van der Waals surface area contributed by atoms with Crippen molar-refractivity contribution in [3.8, 4) is 22.8 Å². The fourth-order valence-electron chi connectivity index (χ4n) is 9.26. The second-order valence-corrected chi connectivity index (χ2v) is 21.3. The molecule has 0 bridgehead atoms. The maximum atomic E-state index is 14.7. The summed E-state index contributed by atoms with van der Waals surface area (Å²) in [5.74, 6) is -2.89. The van der Waals surface area contributed by atoms with Gasteiger partial charge in [-0.25, -0.2) is 4.98 Å². The molecule has 3 aromatic carbocycles. The minimum atomic E-state index is -4.74. The zero-order valence-electron chi connectivity index (χ0n) is 41.4. The minimum absolute atomic E-state index is 0.110. The van der Waals surface area contributed by atoms with E-state index in [-0.39, 0.29) is 32.0 Å². The lowest BCUT2D eigenvalue weighted by Crippen LogP contribution is -2.65. The third kappa shape index (κ3) is 14.3. The van der Waals surface area contributed by atoms with E-state index in [9.17, 15) is 32.3 Å². The maximum Gasteiger partial charge on any atom is 0.389 e. The lowest BCUT2D eigenvalue weighted by Gasteiger charge is -2.45. The average Bonchev–Trinajstić information content (AvgIpc) is 3.79. The van der Waals surface area contributed by atoms with Crippen molar-refractivity contribution in [1.29, 1.82) is 0 Å². The van der Waals surface area contributed by atoms with Crippen molar-refractivity contribution in [3.05, 3.63) is 99.9 Å². The molecule has 2 aliphatic rings. The van der Waals surface area contributed by atoms with Crippen LogP contribution in [0.2, 0.25) is 10.0 Å². The molecule has 380 valence electrons. The summed E-state index contributed by atoms with van der Waals surface area (Å²) in [5.41, 5.74) is 0.191. The van der Waals surface area contributed by atoms with Gasteiger partial charge in [-0.05, 0) is 140 Å². The highest BCUT2D eigenvalue weighted by Crippen LogP contribution is 2.36. The van der Waals surface area contributed by atoms with Gasteiger partial charge in [0.15, 0.2) is 0 Å². The Balaban J connectivity index is 1.18. The Bertz CT molecular complexity index is 2490. The molecule has 1 aromatic heterocycles. The molecule has 0 aliphatic carbocycles. The van der Waals surface area contributed by atoms with Gasteiger partial charge in [0.1, 0.15) is 34.7 Å². The summed E-state index contributed by atoms with van der Waals surface area (Å²) in [6.07, 6.45) is -3.48. The van der Waals surface area contributed by atoms with Crippen LogP contribution in [-0.2, 0) is 55.1 Å². The number of carbonyl (C=O) groups is 4. The van der Waals surface area contributed by atoms with Gasteiger partial charge in [-0.2, -0.15) is 13.2 Å². The van der Waals surface area contributed by atoms with Crippen LogP contribution in [0.15, 0.2) is 72.9 Å². The molecule has 2 fully saturated rings. The Labute approximate surface area is 418 Å². The predicted octanol–water partition coefficient (Wildman–Crippen LogP) is 9.80. The molecule has 70 heavy (non-hydrogen) atoms. The van der Waals surface area contributed by atoms with Crippen LogP contribution in [-0.4, -0.2) is 111 Å². The first kappa shape index (κ1) is 54.2. The van der Waals surface area contributed by atoms with Crippen molar-refractivity contribution in [2.24, 2.45) is 18.9 Å². The zero-order chi connectivity index (χ0) is 51.3. The Kier molecular flexibility index (Phi) is 17.1. The highest BCUT2D eigenvalue weighted by atomic mass is 35.5. The Morgan fingerprint density at radius 3 is 2.29 bits per heavy atom. The van der Waals surface area contributed by atoms with Crippen LogP contribution in [0.1, 0.15) is 90.6 Å². The van der Waals surface area contributed by atoms with Gasteiger partial charge < -0.3 is 33.9 Å². The molecule has 0 unspecified atom stereocenters. The van der Waals surface area contributed by atoms with E-state index in [1.54, 1.807) is 77.9 Å². The first-order valence-electron chi connectivity index (χ1n) is 23.5. The molecular formula is C52H65Cl2F3N6O7. The SMILES string of the molecule is C[C@H](CCc1ccc(Cl)cc1Oc1ccc(-c2cnc(CN(C)C)n2C)cc1)C(=O)N1[C@H](C(=O)N[C@@]2(Cc3ccc(Cl)cc3)CCCN(C(=O)[C@@H](CC(=O)OC(C)(C)C)CC(F)(F)F)C2)COC1(C)C. The molecule has 1 N–H and O–H groups in total. The lowest BCUT2D eigenvalue weighted by molar-refractivity contribution is -0.169. The summed E-state index contributed by atoms with van der Waals surface area (Å²) in [4.78, 5) is 65.6. The van der Waals surface area contributed by atoms with Crippen LogP contribution in [0.3, 0.4) is 0 Å². The number of halogens is 5. The van der Waals surface area contributed by atoms with Crippen LogP contribution in [0.5, 0.6) is 11.5 Å². The monoisotopic (exact) mass is 1010 g/mol. The number of aryl methyl sites for hydroxylation is 1. The van der Waals surface area contributed by atoms with E-state index in [0.29, 0.717) is 53.8 Å². The van der Waals surface area contributed by atoms with E-state index in [2.05, 4.69) is 19.8 Å². The number of alkyl halides is 3. The van der Waals surface area contributed by atoms with Gasteiger partial charge in [0.05, 0.1) is 49.3 Å². The number of nitrogens with zero attached hydrogens (tertiary/aromatic N) is 5. The number of benzene rings is 3. The smallest absolute Gasteiger partial charge is 0.389 e. The van der Waals surface area contributed by atoms with Crippen LogP contribution in [0.4, 0.5) is 13.2 Å². The number of rotatable bonds is 17. The quantitative estimate of drug-likeness (QED) is 0.103. The predicted molar refractivity (Wildman–Crippen MR) is 262 cm³/mol. The van der Waals surface area contributed by atoms with Crippen molar-refractivity contribution < 1.29 is 46.6 Å². The van der Waals surface area contributed by atoms with Crippen molar-refractivity contribution in [2.45, 2.75) is 122 Å². The van der Waals surface area contributed by atoms with Gasteiger partial charge in [-0.15, -0.1) is 0 Å². The number of likely N-dealkylation sites (tertiary alicyclic amines) is 1. The molecule has 13 nitrogen and oxygen atoms in total. The Morgan fingerprint density at radius 2 is 1.64 bits per heavy atom. The minimum Gasteiger partial charge on any atom is -0.460 e. The second-order valence-electron chi connectivity index (χ2n) is 20.4. The lowest BCUT2D eigenvalue weighted by atomic mass is 9.82. The molecule has 6 rings (SSSR count). The van der Waals surface area contributed by atoms with Crippen LogP contribution in [0.25, 0.3) is 11.3 Å². The molecular weight excluding hydrogens is 949 g/mol. The molecule has 18 heteroatoms. The van der Waals surface area contributed by atoms with Gasteiger partial charge >= 0.3 is 12.1 Å². The van der Waals surface area contributed by atoms with Crippen molar-refractivity contribution in [3.63, 3.8) is 0 Å². The van der Waals surface area contributed by atoms with Crippen LogP contribution in [0, 0.1) is 11.8 Å². The fraction of sp³-hybridized carbons (Fsp3) is 0.519. The van der Waals surface area contributed by atoms with Gasteiger partial charge in [0, 0.05) is 41.7 Å². The summed E-state index contributed by atoms with van der Waals surface area (Å²) < 4.78 is 61.7. The van der Waals surface area contributed by atoms with Crippen molar-refractivity contribution in [1.82, 2.24) is 29.6 Å². The molecule has 0 saturated carbocycles. The number of imidazole rings is 1. The van der Waals surface area contributed by atoms with Crippen molar-refractivity contribution >= 4 is 46.9 Å². The summed E-state index contributed by atoms with van der Waals surface area (Å²) in [6.45, 7) is 10.6. The molecule has 0 radical (unpaired) electrons. The second kappa shape index (κ2) is 22.1. The van der Waals surface area contributed by atoms with Gasteiger partial charge in [0.2, 0.25) is 17.7 Å². The van der Waals surface area contributed by atoms with Gasteiger partial charge in [-0.3, -0.25) is 24.1 Å². The first-order valence-corrected chi connectivity index (χ1v) is 24.3. The fourth-order valence-corrected chi connectivity index (χ4v) is 9.55. The van der Waals surface area contributed by atoms with E-state index >= 15 is 0 Å². The average molecular weight is 1010 g/mol. The number of amides is 3. The number of nitrogens with one attached hydrogen (secondary N) is 1. The molecule has 3 amide bonds. The Morgan fingerprint density at radius 1 is 0.971 bits per heavy atom. The standard InChI is InChI=1S/C52H65Cl2F3N6O7/c1-33(11-14-36-15-20-39(54)26-43(36)69-40-21-16-35(17-22-40)41-29-58-44(61(41)9)30-60(7)8)47(66)63-42(31-68-50(63,5)6)46(65)59-51(27-34-12-18-38(53)19-13-34)23-10-24-62(32-51)48(67)37(28-52(55,56)57)25-45(64)70-49(2,3)4/h12-13,15-22,26,29,33,37,42H,10-11,14,23-25,27-28,30-32H2,1-9H3,(H,59,65)/t33-,37+,42+,51-/m1/s1.